The molecule has 0 aromatic heterocycles. The number of benzene rings is 2. The van der Waals surface area contributed by atoms with Gasteiger partial charge in [-0.1, -0.05) is 12.1 Å². The van der Waals surface area contributed by atoms with Gasteiger partial charge in [-0.25, -0.2) is 0 Å². The molecule has 0 N–H and O–H groups in total. The van der Waals surface area contributed by atoms with Gasteiger partial charge < -0.3 is 9.47 Å². The van der Waals surface area contributed by atoms with Crippen LogP contribution in [-0.4, -0.2) is 11.4 Å². The minimum Gasteiger partial charge on any atom is -0.455 e. The highest BCUT2D eigenvalue weighted by Crippen LogP contribution is 2.33. The quantitative estimate of drug-likeness (QED) is 0.174. The summed E-state index contributed by atoms with van der Waals surface area (Å²) in [5.41, 5.74) is -2.41. The van der Waals surface area contributed by atoms with Crippen LogP contribution in [0.4, 0.5) is 26.3 Å². The Morgan fingerprint density at radius 3 is 1.71 bits per heavy atom. The largest absolute Gasteiger partial charge is 0.455 e. The van der Waals surface area contributed by atoms with Gasteiger partial charge in [0.25, 0.3) is 0 Å². The minimum absolute atomic E-state index is 0.216. The summed E-state index contributed by atoms with van der Waals surface area (Å²) in [4.78, 5) is 6.36. The van der Waals surface area contributed by atoms with Crippen molar-refractivity contribution in [3.8, 4) is 17.7 Å². The van der Waals surface area contributed by atoms with Crippen LogP contribution in [0.3, 0.4) is 0 Å². The molecule has 0 atom stereocenters. The molecule has 172 valence electrons. The summed E-state index contributed by atoms with van der Waals surface area (Å²) in [5, 5.41) is 12.5. The van der Waals surface area contributed by atoms with Crippen LogP contribution in [0.5, 0.6) is 11.5 Å². The molecule has 1 aliphatic rings. The van der Waals surface area contributed by atoms with Crippen molar-refractivity contribution >= 4 is 11.4 Å². The summed E-state index contributed by atoms with van der Waals surface area (Å²) >= 11 is 0. The van der Waals surface area contributed by atoms with Gasteiger partial charge in [-0.2, -0.15) is 43.2 Å². The first-order chi connectivity index (χ1) is 16.0. The third-order valence-electron chi connectivity index (χ3n) is 4.15. The van der Waals surface area contributed by atoms with Crippen molar-refractivity contribution in [3.63, 3.8) is 0 Å². The Bertz CT molecular complexity index is 1210. The predicted octanol–water partition coefficient (Wildman–Crippen LogP) is 6.16. The first-order valence-electron chi connectivity index (χ1n) is 9.07. The number of rotatable bonds is 4. The van der Waals surface area contributed by atoms with E-state index in [0.717, 1.165) is 48.6 Å². The maximum Gasteiger partial charge on any atom is 0.416 e. The second-order valence-electron chi connectivity index (χ2n) is 6.45. The molecule has 0 saturated heterocycles. The second-order valence-corrected chi connectivity index (χ2v) is 6.45. The molecule has 2 aromatic carbocycles. The topological polar surface area (TPSA) is 71.3 Å². The monoisotopic (exact) mass is 476 g/mol. The van der Waals surface area contributed by atoms with Gasteiger partial charge in [0.15, 0.2) is 17.2 Å². The number of halogens is 6. The Kier molecular flexibility index (Phi) is 6.73. The molecule has 0 spiro atoms. The van der Waals surface area contributed by atoms with Crippen LogP contribution in [0.2, 0.25) is 0 Å². The first-order valence-corrected chi connectivity index (χ1v) is 9.07. The van der Waals surface area contributed by atoms with Crippen molar-refractivity contribution < 1.29 is 35.8 Å². The molecule has 0 amide bonds. The van der Waals surface area contributed by atoms with Crippen molar-refractivity contribution in [1.29, 1.82) is 5.26 Å². The normalized spacial score (nSPS) is 16.4. The standard InChI is InChI=1S/C22H10F6N4O2/c1-30-32-18-11-19(33-15-6-2-4-13(8-15)21(23,24)25)17(31-12-29)10-20(18)34-16-7-3-5-14(9-16)22(26,27)28/h2-11H/b31-17?,32-18+. The van der Waals surface area contributed by atoms with E-state index in [1.165, 1.54) is 18.3 Å². The van der Waals surface area contributed by atoms with E-state index in [-0.39, 0.29) is 34.4 Å². The van der Waals surface area contributed by atoms with Gasteiger partial charge in [0.05, 0.1) is 16.2 Å². The van der Waals surface area contributed by atoms with E-state index in [0.29, 0.717) is 0 Å². The summed E-state index contributed by atoms with van der Waals surface area (Å²) in [6.45, 7) is 6.97. The van der Waals surface area contributed by atoms with Gasteiger partial charge in [0.1, 0.15) is 17.2 Å². The van der Waals surface area contributed by atoms with Gasteiger partial charge in [-0.3, -0.25) is 0 Å². The Morgan fingerprint density at radius 2 is 1.26 bits per heavy atom. The van der Waals surface area contributed by atoms with Gasteiger partial charge in [-0.05, 0) is 36.4 Å². The molecule has 12 heteroatoms. The Labute approximate surface area is 188 Å². The zero-order valence-electron chi connectivity index (χ0n) is 16.6. The van der Waals surface area contributed by atoms with Crippen LogP contribution in [0.25, 0.3) is 4.95 Å². The molecule has 0 radical (unpaired) electrons. The van der Waals surface area contributed by atoms with Gasteiger partial charge >= 0.3 is 12.4 Å². The lowest BCUT2D eigenvalue weighted by Gasteiger charge is -2.17. The van der Waals surface area contributed by atoms with E-state index in [4.69, 9.17) is 21.3 Å². The Balaban J connectivity index is 1.97. The van der Waals surface area contributed by atoms with Crippen LogP contribution >= 0.6 is 0 Å². The molecule has 0 bridgehead atoms. The third-order valence-corrected chi connectivity index (χ3v) is 4.15. The predicted molar refractivity (Wildman–Crippen MR) is 107 cm³/mol. The van der Waals surface area contributed by atoms with Crippen LogP contribution in [0.1, 0.15) is 11.1 Å². The summed E-state index contributed by atoms with van der Waals surface area (Å²) < 4.78 is 88.8. The summed E-state index contributed by atoms with van der Waals surface area (Å²) in [6.07, 6.45) is -5.64. The molecule has 0 fully saturated rings. The number of allylic oxidation sites excluding steroid dienone is 2. The zero-order chi connectivity index (χ0) is 24.9. The fraction of sp³-hybridized carbons (Fsp3) is 0.0909. The van der Waals surface area contributed by atoms with Gasteiger partial charge in [0, 0.05) is 12.2 Å². The number of nitriles is 1. The number of hydrogen-bond acceptors (Lipinski definition) is 5. The fourth-order valence-corrected chi connectivity index (χ4v) is 2.70. The van der Waals surface area contributed by atoms with Crippen molar-refractivity contribution in [2.75, 3.05) is 0 Å². The number of ether oxygens (including phenoxy) is 2. The molecule has 3 rings (SSSR count). The van der Waals surface area contributed by atoms with Crippen molar-refractivity contribution in [2.45, 2.75) is 12.4 Å². The van der Waals surface area contributed by atoms with E-state index < -0.39 is 23.5 Å². The SMILES string of the molecule is [C-]#[N+]/N=C1\C=C(Oc2cccc(C(F)(F)F)c2)C(=NC#N)C=C1Oc1cccc(C(F)(F)F)c1. The number of hydrogen-bond donors (Lipinski definition) is 0. The average molecular weight is 476 g/mol. The fourth-order valence-electron chi connectivity index (χ4n) is 2.70. The number of nitrogens with zero attached hydrogens (tertiary/aromatic N) is 4. The molecular formula is C22H10F6N4O2. The summed E-state index contributed by atoms with van der Waals surface area (Å²) in [6, 6.07) is 7.77. The van der Waals surface area contributed by atoms with Crippen LogP contribution < -0.4 is 9.47 Å². The van der Waals surface area contributed by atoms with Crippen molar-refractivity contribution in [3.05, 3.63) is 94.9 Å². The minimum atomic E-state index is -4.63. The van der Waals surface area contributed by atoms with Crippen molar-refractivity contribution in [1.82, 2.24) is 0 Å². The van der Waals surface area contributed by atoms with E-state index in [1.54, 1.807) is 0 Å². The van der Waals surface area contributed by atoms with Crippen LogP contribution in [-0.2, 0) is 12.4 Å². The smallest absolute Gasteiger partial charge is 0.416 e. The highest BCUT2D eigenvalue weighted by Gasteiger charge is 2.32. The maximum absolute atomic E-state index is 13.0. The van der Waals surface area contributed by atoms with E-state index in [1.807, 2.05) is 0 Å². The van der Waals surface area contributed by atoms with E-state index >= 15 is 0 Å². The van der Waals surface area contributed by atoms with Gasteiger partial charge in [0.2, 0.25) is 6.19 Å². The van der Waals surface area contributed by atoms with E-state index in [2.05, 4.69) is 15.0 Å². The van der Waals surface area contributed by atoms with Gasteiger partial charge in [-0.15, -0.1) is 4.95 Å². The molecule has 0 aliphatic heterocycles. The lowest BCUT2D eigenvalue weighted by molar-refractivity contribution is -0.138. The molecule has 2 aromatic rings. The lowest BCUT2D eigenvalue weighted by Crippen LogP contribution is -2.20. The average Bonchev–Trinajstić information content (AvgIpc) is 2.76. The van der Waals surface area contributed by atoms with Crippen molar-refractivity contribution in [2.24, 2.45) is 10.1 Å². The third kappa shape index (κ3) is 5.81. The molecular weight excluding hydrogens is 466 g/mol. The molecule has 1 aliphatic carbocycles. The Morgan fingerprint density at radius 1 is 0.794 bits per heavy atom. The van der Waals surface area contributed by atoms with E-state index in [9.17, 15) is 26.3 Å². The number of alkyl halides is 6. The number of aliphatic imine (C=N–C) groups is 1. The maximum atomic E-state index is 13.0. The first kappa shape index (κ1) is 24.1. The molecule has 0 unspecified atom stereocenters. The highest BCUT2D eigenvalue weighted by atomic mass is 19.4. The zero-order valence-corrected chi connectivity index (χ0v) is 16.6. The second kappa shape index (κ2) is 9.50. The molecule has 6 nitrogen and oxygen atoms in total. The summed E-state index contributed by atoms with van der Waals surface area (Å²) in [7, 11) is 0. The van der Waals surface area contributed by atoms with Crippen LogP contribution in [0, 0.1) is 18.0 Å². The highest BCUT2D eigenvalue weighted by molar-refractivity contribution is 6.22. The molecule has 0 saturated carbocycles. The summed E-state index contributed by atoms with van der Waals surface area (Å²) in [5.74, 6) is -0.962. The lowest BCUT2D eigenvalue weighted by atomic mass is 10.1. The van der Waals surface area contributed by atoms with Crippen LogP contribution in [0.15, 0.2) is 82.3 Å². The molecule has 34 heavy (non-hydrogen) atoms. The Hall–Kier alpha value is -4.58. The molecule has 0 heterocycles.